The molecule has 0 aromatic heterocycles. The summed E-state index contributed by atoms with van der Waals surface area (Å²) in [5.74, 6) is 1.88. The highest BCUT2D eigenvalue weighted by molar-refractivity contribution is 5.91. The van der Waals surface area contributed by atoms with Gasteiger partial charge < -0.3 is 19.5 Å². The first-order valence-electron chi connectivity index (χ1n) is 19.3. The molecule has 0 bridgehead atoms. The number of hydrogen-bond donors (Lipinski definition) is 1. The number of carbonyl (C=O) groups excluding carboxylic acids is 1. The number of rotatable bonds is 10. The molecule has 6 aromatic rings. The Morgan fingerprint density at radius 2 is 1.09 bits per heavy atom. The number of halogens is 1. The second-order valence-electron chi connectivity index (χ2n) is 14.9. The number of ether oxygens (including phenoxy) is 3. The molecule has 56 heavy (non-hydrogen) atoms. The third-order valence-corrected chi connectivity index (χ3v) is 9.84. The number of carbonyl (C=O) groups is 1. The fraction of sp³-hybridized carbons (Fsp3) is 0.245. The van der Waals surface area contributed by atoms with Gasteiger partial charge in [0.1, 0.15) is 17.1 Å². The summed E-state index contributed by atoms with van der Waals surface area (Å²) in [6.45, 7) is 8.58. The molecule has 0 spiro atoms. The van der Waals surface area contributed by atoms with Crippen LogP contribution in [0, 0.1) is 0 Å². The van der Waals surface area contributed by atoms with E-state index in [4.69, 9.17) is 14.2 Å². The molecule has 0 atom stereocenters. The number of hydrogen-bond acceptors (Lipinski definition) is 5. The van der Waals surface area contributed by atoms with E-state index in [9.17, 15) is 4.79 Å². The van der Waals surface area contributed by atoms with Gasteiger partial charge in [-0.2, -0.15) is 0 Å². The Morgan fingerprint density at radius 3 is 1.62 bits per heavy atom. The van der Waals surface area contributed by atoms with Crippen LogP contribution in [0.25, 0.3) is 22.3 Å². The van der Waals surface area contributed by atoms with E-state index >= 15 is 0 Å². The normalized spacial score (nSPS) is 12.6. The van der Waals surface area contributed by atoms with Gasteiger partial charge in [-0.25, -0.2) is 4.79 Å². The van der Waals surface area contributed by atoms with E-state index in [2.05, 4.69) is 121 Å². The number of anilines is 2. The monoisotopic (exact) mass is 766 g/mol. The highest BCUT2D eigenvalue weighted by atomic mass is 35.5. The van der Waals surface area contributed by atoms with Crippen molar-refractivity contribution in [3.05, 3.63) is 168 Å². The molecule has 0 radical (unpaired) electrons. The quantitative estimate of drug-likeness (QED) is 0.150. The smallest absolute Gasteiger partial charge is 0.414 e. The largest absolute Gasteiger partial charge is 0.493 e. The van der Waals surface area contributed by atoms with Gasteiger partial charge in [0.15, 0.2) is 0 Å². The van der Waals surface area contributed by atoms with Crippen molar-refractivity contribution in [3.63, 3.8) is 0 Å². The third-order valence-electron chi connectivity index (χ3n) is 9.84. The molecule has 8 rings (SSSR count). The summed E-state index contributed by atoms with van der Waals surface area (Å²) in [7, 11) is 0. The molecule has 0 aliphatic carbocycles. The first-order chi connectivity index (χ1) is 26.8. The van der Waals surface area contributed by atoms with Crippen molar-refractivity contribution >= 4 is 29.9 Å². The number of amides is 1. The zero-order valence-electron chi connectivity index (χ0n) is 32.5. The lowest BCUT2D eigenvalue weighted by atomic mass is 10.0. The minimum absolute atomic E-state index is 0. The van der Waals surface area contributed by atoms with Crippen LogP contribution in [0.15, 0.2) is 146 Å². The van der Waals surface area contributed by atoms with Crippen LogP contribution in [0.3, 0.4) is 0 Å². The van der Waals surface area contributed by atoms with Gasteiger partial charge in [-0.15, -0.1) is 12.4 Å². The Balaban J connectivity index is 0.000000192. The topological polar surface area (TPSA) is 60.0 Å². The molecule has 6 aromatic carbocycles. The number of fused-ring (bicyclic) bond motifs is 2. The third kappa shape index (κ3) is 10.3. The van der Waals surface area contributed by atoms with Crippen molar-refractivity contribution in [3.8, 4) is 33.8 Å². The predicted octanol–water partition coefficient (Wildman–Crippen LogP) is 11.6. The van der Waals surface area contributed by atoms with E-state index in [1.165, 1.54) is 44.6 Å². The minimum atomic E-state index is -0.510. The molecular weight excluding hydrogens is 716 g/mol. The van der Waals surface area contributed by atoms with Gasteiger partial charge in [0.05, 0.1) is 18.9 Å². The van der Waals surface area contributed by atoms with E-state index in [1.54, 1.807) is 4.90 Å². The Morgan fingerprint density at radius 1 is 0.589 bits per heavy atom. The molecule has 0 saturated heterocycles. The van der Waals surface area contributed by atoms with E-state index in [0.29, 0.717) is 19.8 Å². The average molecular weight is 767 g/mol. The SMILES string of the molecule is CC(C)(C)OC(=O)N1CCc2c(OCCc3ccc(-c4ccccc4)cc3)cccc21.Cl.c1ccc(-c2ccc(CCOc3cccc4c3CCN4)cc2)cc1. The van der Waals surface area contributed by atoms with E-state index < -0.39 is 5.60 Å². The molecule has 2 aliphatic heterocycles. The summed E-state index contributed by atoms with van der Waals surface area (Å²) < 4.78 is 17.7. The Labute approximate surface area is 337 Å². The highest BCUT2D eigenvalue weighted by Crippen LogP contribution is 2.36. The predicted molar refractivity (Wildman–Crippen MR) is 232 cm³/mol. The second kappa shape index (κ2) is 18.7. The molecule has 1 amide bonds. The van der Waals surface area contributed by atoms with Crippen LogP contribution in [0.4, 0.5) is 16.2 Å². The van der Waals surface area contributed by atoms with Crippen molar-refractivity contribution in [2.24, 2.45) is 0 Å². The number of nitrogens with one attached hydrogen (secondary N) is 1. The van der Waals surface area contributed by atoms with Crippen LogP contribution >= 0.6 is 12.4 Å². The van der Waals surface area contributed by atoms with E-state index in [1.807, 2.05) is 51.1 Å². The summed E-state index contributed by atoms with van der Waals surface area (Å²) in [6.07, 6.45) is 3.27. The highest BCUT2D eigenvalue weighted by Gasteiger charge is 2.30. The van der Waals surface area contributed by atoms with Crippen LogP contribution in [-0.4, -0.2) is 38.0 Å². The molecule has 0 saturated carbocycles. The first kappa shape index (κ1) is 40.0. The van der Waals surface area contributed by atoms with Gasteiger partial charge in [0.2, 0.25) is 0 Å². The van der Waals surface area contributed by atoms with Crippen molar-refractivity contribution in [2.45, 2.75) is 52.1 Å². The van der Waals surface area contributed by atoms with Crippen molar-refractivity contribution < 1.29 is 19.0 Å². The fourth-order valence-electron chi connectivity index (χ4n) is 7.04. The summed E-state index contributed by atoms with van der Waals surface area (Å²) in [5, 5.41) is 3.39. The van der Waals surface area contributed by atoms with Gasteiger partial charge in [-0.1, -0.05) is 121 Å². The Hall–Kier alpha value is -5.72. The summed E-state index contributed by atoms with van der Waals surface area (Å²) in [5.41, 5.74) is 11.5. The van der Waals surface area contributed by atoms with Crippen LogP contribution < -0.4 is 19.7 Å². The Bertz CT molecular complexity index is 2170. The van der Waals surface area contributed by atoms with Gasteiger partial charge in [0, 0.05) is 42.7 Å². The van der Waals surface area contributed by atoms with Crippen LogP contribution in [-0.2, 0) is 30.4 Å². The minimum Gasteiger partial charge on any atom is -0.493 e. The summed E-state index contributed by atoms with van der Waals surface area (Å²) in [4.78, 5) is 14.2. The molecule has 6 nitrogen and oxygen atoms in total. The maximum absolute atomic E-state index is 12.5. The first-order valence-corrected chi connectivity index (χ1v) is 19.3. The van der Waals surface area contributed by atoms with E-state index in [0.717, 1.165) is 55.0 Å². The molecule has 0 unspecified atom stereocenters. The van der Waals surface area contributed by atoms with Crippen molar-refractivity contribution in [1.82, 2.24) is 0 Å². The summed E-state index contributed by atoms with van der Waals surface area (Å²) in [6, 6.07) is 50.4. The number of benzene rings is 6. The van der Waals surface area contributed by atoms with Crippen LogP contribution in [0.1, 0.15) is 43.0 Å². The molecule has 7 heteroatoms. The molecule has 0 fully saturated rings. The average Bonchev–Trinajstić information content (AvgIpc) is 3.88. The van der Waals surface area contributed by atoms with Crippen LogP contribution in [0.2, 0.25) is 0 Å². The number of nitrogens with zero attached hydrogens (tertiary/aromatic N) is 1. The lowest BCUT2D eigenvalue weighted by Crippen LogP contribution is -2.35. The zero-order chi connectivity index (χ0) is 38.0. The Kier molecular flexibility index (Phi) is 13.4. The zero-order valence-corrected chi connectivity index (χ0v) is 33.3. The molecule has 1 N–H and O–H groups in total. The van der Waals surface area contributed by atoms with Crippen molar-refractivity contribution in [1.29, 1.82) is 0 Å². The second-order valence-corrected chi connectivity index (χ2v) is 14.9. The van der Waals surface area contributed by atoms with Gasteiger partial charge >= 0.3 is 6.09 Å². The lowest BCUT2D eigenvalue weighted by molar-refractivity contribution is 0.0584. The van der Waals surface area contributed by atoms with Gasteiger partial charge in [-0.3, -0.25) is 4.90 Å². The van der Waals surface area contributed by atoms with Crippen molar-refractivity contribution in [2.75, 3.05) is 36.5 Å². The van der Waals surface area contributed by atoms with Gasteiger partial charge in [0.25, 0.3) is 0 Å². The summed E-state index contributed by atoms with van der Waals surface area (Å²) >= 11 is 0. The molecule has 288 valence electrons. The molecular formula is C49H51ClN2O4. The maximum Gasteiger partial charge on any atom is 0.414 e. The molecule has 2 heterocycles. The van der Waals surface area contributed by atoms with Gasteiger partial charge in [-0.05, 0) is 91.3 Å². The lowest BCUT2D eigenvalue weighted by Gasteiger charge is -2.24. The standard InChI is InChI=1S/C27H29NO3.C22H21NO.ClH/c1-27(2,3)31-26(29)28-18-16-23-24(28)10-7-11-25(23)30-19-17-20-12-14-22(15-13-20)21-8-5-4-6-9-21;1-2-5-18(6-3-1)19-11-9-17(10-12-19)14-16-24-22-8-4-7-21-20(22)13-15-23-21;/h4-15H,16-19H2,1-3H3;1-12,23H,13-16H2;1H. The van der Waals surface area contributed by atoms with Crippen LogP contribution in [0.5, 0.6) is 11.5 Å². The maximum atomic E-state index is 12.5. The molecule has 2 aliphatic rings. The fourth-order valence-corrected chi connectivity index (χ4v) is 7.04. The van der Waals surface area contributed by atoms with E-state index in [-0.39, 0.29) is 18.5 Å².